The molecule has 0 heterocycles. The van der Waals surface area contributed by atoms with E-state index in [-0.39, 0.29) is 7.70 Å². The summed E-state index contributed by atoms with van der Waals surface area (Å²) in [6.07, 6.45) is 0. The molecule has 0 aliphatic rings. The van der Waals surface area contributed by atoms with Crippen molar-refractivity contribution in [3.8, 4) is 0 Å². The van der Waals surface area contributed by atoms with E-state index in [0.717, 1.165) is 5.75 Å². The van der Waals surface area contributed by atoms with E-state index >= 15 is 0 Å². The third-order valence-corrected chi connectivity index (χ3v) is 2.58. The summed E-state index contributed by atoms with van der Waals surface area (Å²) >= 11 is 1.99. The van der Waals surface area contributed by atoms with Crippen LogP contribution in [0.2, 0.25) is 0 Å². The second kappa shape index (κ2) is 3.00. The highest BCUT2D eigenvalue weighted by molar-refractivity contribution is 14.2. The smallest absolute Gasteiger partial charge is 0.0819 e. The standard InChI is InChI=1S/C2H5INS/c1-2-5(3)4/h2H2,1H3/q-1. The highest BCUT2D eigenvalue weighted by atomic mass is 127. The van der Waals surface area contributed by atoms with E-state index in [1.54, 1.807) is 0 Å². The van der Waals surface area contributed by atoms with Crippen LogP contribution in [0, 0.1) is 4.61 Å². The fourth-order valence-electron chi connectivity index (χ4n) is 0. The molecule has 0 bridgehead atoms. The summed E-state index contributed by atoms with van der Waals surface area (Å²) in [5.74, 6) is 0.876. The van der Waals surface area contributed by atoms with Crippen molar-refractivity contribution < 1.29 is 0 Å². The van der Waals surface area contributed by atoms with E-state index in [0.29, 0.717) is 0 Å². The molecule has 5 heavy (non-hydrogen) atoms. The molecule has 0 fully saturated rings. The van der Waals surface area contributed by atoms with Crippen molar-refractivity contribution in [2.45, 2.75) is 6.92 Å². The Balaban J connectivity index is 2.97. The Morgan fingerprint density at radius 1 is 2.00 bits per heavy atom. The van der Waals surface area contributed by atoms with Crippen molar-refractivity contribution in [2.24, 2.45) is 0 Å². The van der Waals surface area contributed by atoms with Crippen LogP contribution < -0.4 is 0 Å². The van der Waals surface area contributed by atoms with Crippen LogP contribution in [-0.4, -0.2) is 5.75 Å². The van der Waals surface area contributed by atoms with Crippen molar-refractivity contribution >= 4 is 28.9 Å². The van der Waals surface area contributed by atoms with Crippen LogP contribution >= 0.6 is 21.2 Å². The Kier molecular flexibility index (Phi) is 3.47. The predicted octanol–water partition coefficient (Wildman–Crippen LogP) is 1.45. The van der Waals surface area contributed by atoms with Gasteiger partial charge in [-0.2, -0.15) is 0 Å². The monoisotopic (exact) mass is 202 g/mol. The summed E-state index contributed by atoms with van der Waals surface area (Å²) in [6, 6.07) is 0. The topological polar surface area (TPSA) is 23.8 Å². The lowest BCUT2D eigenvalue weighted by Crippen LogP contribution is -1.67. The maximum absolute atomic E-state index is 8.38. The van der Waals surface area contributed by atoms with Gasteiger partial charge in [-0.05, 0) is 0 Å². The zero-order valence-electron chi connectivity index (χ0n) is 2.94. The van der Waals surface area contributed by atoms with Gasteiger partial charge < -0.3 is 4.61 Å². The van der Waals surface area contributed by atoms with Crippen molar-refractivity contribution in [1.82, 2.24) is 0 Å². The van der Waals surface area contributed by atoms with Gasteiger partial charge in [-0.1, -0.05) is 6.92 Å². The third-order valence-electron chi connectivity index (χ3n) is 0.238. The molecule has 1 nitrogen and oxygen atoms in total. The molecular weight excluding hydrogens is 197 g/mol. The first-order valence-corrected chi connectivity index (χ1v) is 5.23. The van der Waals surface area contributed by atoms with Gasteiger partial charge in [-0.3, -0.25) is 7.70 Å². The molecule has 0 aromatic heterocycles. The average molecular weight is 202 g/mol. The molecule has 0 spiro atoms. The van der Waals surface area contributed by atoms with Crippen LogP contribution in [0.15, 0.2) is 0 Å². The minimum Gasteiger partial charge on any atom is -0.421 e. The van der Waals surface area contributed by atoms with Crippen molar-refractivity contribution in [1.29, 1.82) is 4.61 Å². The van der Waals surface area contributed by atoms with E-state index in [1.165, 1.54) is 0 Å². The molecule has 0 N–H and O–H groups in total. The zero-order chi connectivity index (χ0) is 4.28. The molecule has 32 valence electrons. The lowest BCUT2D eigenvalue weighted by atomic mass is 11.0. The van der Waals surface area contributed by atoms with Crippen LogP contribution in [-0.2, 0) is 7.70 Å². The number of hydrogen-bond donors (Lipinski definition) is 0. The fourth-order valence-corrected chi connectivity index (χ4v) is 0. The molecule has 0 radical (unpaired) electrons. The van der Waals surface area contributed by atoms with Gasteiger partial charge in [0.05, 0.1) is 0 Å². The lowest BCUT2D eigenvalue weighted by Gasteiger charge is -1.89. The van der Waals surface area contributed by atoms with Crippen molar-refractivity contribution in [3.63, 3.8) is 0 Å². The molecule has 0 rings (SSSR count). The number of hydrogen-bond acceptors (Lipinski definition) is 2. The Hall–Kier alpha value is 0.790. The van der Waals surface area contributed by atoms with Gasteiger partial charge in [-0.25, -0.2) is 21.2 Å². The Morgan fingerprint density at radius 2 is 2.20 bits per heavy atom. The molecule has 0 aliphatic carbocycles. The van der Waals surface area contributed by atoms with Gasteiger partial charge in [0.25, 0.3) is 0 Å². The quantitative estimate of drug-likeness (QED) is 0.430. The van der Waals surface area contributed by atoms with Gasteiger partial charge in [0.15, 0.2) is 0 Å². The molecule has 0 aliphatic heterocycles. The van der Waals surface area contributed by atoms with Crippen LogP contribution in [0.5, 0.6) is 0 Å². The lowest BCUT2D eigenvalue weighted by molar-refractivity contribution is 1.51. The SMILES string of the molecule is CC[S-](#N)I. The molecule has 0 unspecified atom stereocenters. The fraction of sp³-hybridized carbons (Fsp3) is 1.00. The molecule has 0 amide bonds. The highest BCUT2D eigenvalue weighted by Crippen LogP contribution is 1.87. The van der Waals surface area contributed by atoms with E-state index in [9.17, 15) is 0 Å². The zero-order valence-corrected chi connectivity index (χ0v) is 5.91. The Labute approximate surface area is 46.3 Å². The first-order valence-electron chi connectivity index (χ1n) is 1.33. The average Bonchev–Trinajstić information content (AvgIpc) is 1.38. The van der Waals surface area contributed by atoms with Crippen LogP contribution in [0.25, 0.3) is 0 Å². The largest absolute Gasteiger partial charge is 0.421 e. The van der Waals surface area contributed by atoms with Crippen LogP contribution in [0.1, 0.15) is 6.92 Å². The third kappa shape index (κ3) is 4.79. The molecule has 3 heteroatoms. The van der Waals surface area contributed by atoms with Crippen LogP contribution in [0.3, 0.4) is 0 Å². The van der Waals surface area contributed by atoms with Crippen molar-refractivity contribution in [2.75, 3.05) is 5.75 Å². The molecule has 0 aromatic rings. The van der Waals surface area contributed by atoms with Gasteiger partial charge in [0.1, 0.15) is 0 Å². The minimum atomic E-state index is -0.353. The first kappa shape index (κ1) is 5.79. The van der Waals surface area contributed by atoms with Crippen LogP contribution in [0.4, 0.5) is 0 Å². The summed E-state index contributed by atoms with van der Waals surface area (Å²) in [5.41, 5.74) is 0. The summed E-state index contributed by atoms with van der Waals surface area (Å²) in [5, 5.41) is 0. The Bertz CT molecular complexity index is 71.5. The summed E-state index contributed by atoms with van der Waals surface area (Å²) in [4.78, 5) is 0. The Morgan fingerprint density at radius 3 is 2.20 bits per heavy atom. The molecule has 0 atom stereocenters. The molecule has 0 saturated carbocycles. The highest BCUT2D eigenvalue weighted by Gasteiger charge is 1.51. The van der Waals surface area contributed by atoms with Crippen molar-refractivity contribution in [3.05, 3.63) is 0 Å². The number of halogens is 1. The second-order valence-corrected chi connectivity index (χ2v) is 4.84. The van der Waals surface area contributed by atoms with E-state index in [4.69, 9.17) is 4.61 Å². The molecule has 0 aromatic carbocycles. The summed E-state index contributed by atoms with van der Waals surface area (Å²) in [7, 11) is -0.353. The first-order chi connectivity index (χ1) is 2.27. The van der Waals surface area contributed by atoms with Gasteiger partial charge in [-0.15, -0.1) is 5.75 Å². The minimum absolute atomic E-state index is 0.353. The van der Waals surface area contributed by atoms with E-state index in [1.807, 2.05) is 28.1 Å². The van der Waals surface area contributed by atoms with Gasteiger partial charge >= 0.3 is 0 Å². The van der Waals surface area contributed by atoms with Gasteiger partial charge in [0.2, 0.25) is 0 Å². The molecule has 0 saturated heterocycles. The maximum atomic E-state index is 8.38. The maximum Gasteiger partial charge on any atom is -0.0819 e. The van der Waals surface area contributed by atoms with E-state index < -0.39 is 0 Å². The van der Waals surface area contributed by atoms with E-state index in [2.05, 4.69) is 0 Å². The summed E-state index contributed by atoms with van der Waals surface area (Å²) < 4.78 is 8.38. The summed E-state index contributed by atoms with van der Waals surface area (Å²) in [6.45, 7) is 1.95. The molecular formula is C2H5INS-. The number of nitrogens with zero attached hydrogens (tertiary/aromatic N) is 1. The second-order valence-electron chi connectivity index (χ2n) is 0.596. The predicted molar refractivity (Wildman–Crippen MR) is 33.7 cm³/mol. The van der Waals surface area contributed by atoms with Gasteiger partial charge in [0, 0.05) is 0 Å². The number of rotatable bonds is 0. The normalized spacial score (nSPS) is 9.20.